The lowest BCUT2D eigenvalue weighted by Gasteiger charge is -2.09. The Morgan fingerprint density at radius 3 is 2.72 bits per heavy atom. The summed E-state index contributed by atoms with van der Waals surface area (Å²) < 4.78 is 0.918. The average Bonchev–Trinajstić information content (AvgIpc) is 2.39. The minimum absolute atomic E-state index is 0.591. The van der Waals surface area contributed by atoms with Crippen molar-refractivity contribution in [2.24, 2.45) is 0 Å². The third-order valence-electron chi connectivity index (χ3n) is 2.41. The van der Waals surface area contributed by atoms with E-state index >= 15 is 0 Å². The summed E-state index contributed by atoms with van der Waals surface area (Å²) >= 11 is 3.39. The summed E-state index contributed by atoms with van der Waals surface area (Å²) in [5, 5.41) is 15.3. The Bertz CT molecular complexity index is 604. The number of aromatic nitrogens is 1. The molecule has 2 N–H and O–H groups in total. The highest BCUT2D eigenvalue weighted by Gasteiger charge is 2.04. The lowest BCUT2D eigenvalue weighted by atomic mass is 10.2. The van der Waals surface area contributed by atoms with E-state index in [-0.39, 0.29) is 0 Å². The lowest BCUT2D eigenvalue weighted by molar-refractivity contribution is 1.30. The van der Waals surface area contributed by atoms with E-state index in [1.807, 2.05) is 25.2 Å². The van der Waals surface area contributed by atoms with Crippen LogP contribution in [-0.4, -0.2) is 12.0 Å². The molecule has 1 aromatic heterocycles. The van der Waals surface area contributed by atoms with Gasteiger partial charge in [0.15, 0.2) is 0 Å². The van der Waals surface area contributed by atoms with E-state index < -0.39 is 0 Å². The number of pyridine rings is 1. The molecule has 0 bridgehead atoms. The molecule has 0 spiro atoms. The number of benzene rings is 1. The van der Waals surface area contributed by atoms with Gasteiger partial charge < -0.3 is 10.6 Å². The molecule has 2 rings (SSSR count). The standard InChI is InChI=1S/C13H11BrN4/c1-16-11-5-12(8-17-7-11)18-13-4-10(14)3-2-9(13)6-15/h2-5,7-8,16,18H,1H3. The van der Waals surface area contributed by atoms with Crippen molar-refractivity contribution >= 4 is 33.0 Å². The molecule has 0 saturated carbocycles. The van der Waals surface area contributed by atoms with Gasteiger partial charge in [0.05, 0.1) is 35.0 Å². The summed E-state index contributed by atoms with van der Waals surface area (Å²) in [4.78, 5) is 4.11. The van der Waals surface area contributed by atoms with E-state index in [0.717, 1.165) is 21.5 Å². The zero-order valence-electron chi connectivity index (χ0n) is 9.74. The normalized spacial score (nSPS) is 9.61. The maximum absolute atomic E-state index is 9.05. The fourth-order valence-corrected chi connectivity index (χ4v) is 1.88. The Kier molecular flexibility index (Phi) is 3.80. The van der Waals surface area contributed by atoms with Crippen molar-refractivity contribution in [3.8, 4) is 6.07 Å². The van der Waals surface area contributed by atoms with E-state index in [1.54, 1.807) is 18.5 Å². The molecule has 0 radical (unpaired) electrons. The summed E-state index contributed by atoms with van der Waals surface area (Å²) in [6, 6.07) is 9.55. The molecule has 2 aromatic rings. The molecule has 90 valence electrons. The summed E-state index contributed by atoms with van der Waals surface area (Å²) in [5.41, 5.74) is 3.08. The molecule has 0 aliphatic rings. The first kappa shape index (κ1) is 12.4. The van der Waals surface area contributed by atoms with Gasteiger partial charge in [0.1, 0.15) is 6.07 Å². The predicted molar refractivity (Wildman–Crippen MR) is 75.9 cm³/mol. The molecule has 0 aliphatic heterocycles. The van der Waals surface area contributed by atoms with Gasteiger partial charge in [0.25, 0.3) is 0 Å². The van der Waals surface area contributed by atoms with Crippen molar-refractivity contribution in [1.82, 2.24) is 4.98 Å². The molecule has 0 saturated heterocycles. The van der Waals surface area contributed by atoms with E-state index in [2.05, 4.69) is 37.6 Å². The Labute approximate surface area is 114 Å². The van der Waals surface area contributed by atoms with Crippen LogP contribution in [0.15, 0.2) is 41.1 Å². The third kappa shape index (κ3) is 2.79. The van der Waals surface area contributed by atoms with E-state index in [0.29, 0.717) is 5.56 Å². The van der Waals surface area contributed by atoms with Crippen molar-refractivity contribution in [2.45, 2.75) is 0 Å². The number of halogens is 1. The quantitative estimate of drug-likeness (QED) is 0.911. The van der Waals surface area contributed by atoms with Crippen molar-refractivity contribution in [3.63, 3.8) is 0 Å². The van der Waals surface area contributed by atoms with Crippen LogP contribution in [0.3, 0.4) is 0 Å². The van der Waals surface area contributed by atoms with Gasteiger partial charge in [-0.15, -0.1) is 0 Å². The Morgan fingerprint density at radius 1 is 1.22 bits per heavy atom. The molecule has 0 amide bonds. The van der Waals surface area contributed by atoms with Crippen LogP contribution in [0.25, 0.3) is 0 Å². The molecule has 4 nitrogen and oxygen atoms in total. The zero-order valence-corrected chi connectivity index (χ0v) is 11.3. The molecule has 5 heteroatoms. The van der Waals surface area contributed by atoms with Crippen LogP contribution in [0.4, 0.5) is 17.1 Å². The summed E-state index contributed by atoms with van der Waals surface area (Å²) in [5.74, 6) is 0. The monoisotopic (exact) mass is 302 g/mol. The molecule has 0 atom stereocenters. The van der Waals surface area contributed by atoms with Crippen LogP contribution in [0.1, 0.15) is 5.56 Å². The van der Waals surface area contributed by atoms with E-state index in [1.165, 1.54) is 0 Å². The van der Waals surface area contributed by atoms with Gasteiger partial charge in [-0.2, -0.15) is 5.26 Å². The van der Waals surface area contributed by atoms with Crippen molar-refractivity contribution in [1.29, 1.82) is 5.26 Å². The number of nitrogens with zero attached hydrogens (tertiary/aromatic N) is 2. The lowest BCUT2D eigenvalue weighted by Crippen LogP contribution is -1.96. The van der Waals surface area contributed by atoms with E-state index in [9.17, 15) is 0 Å². The molecular formula is C13H11BrN4. The van der Waals surface area contributed by atoms with Crippen LogP contribution in [0, 0.1) is 11.3 Å². The second kappa shape index (κ2) is 5.52. The van der Waals surface area contributed by atoms with Gasteiger partial charge in [-0.05, 0) is 24.3 Å². The first-order valence-corrected chi connectivity index (χ1v) is 6.11. The fourth-order valence-electron chi connectivity index (χ4n) is 1.52. The molecular weight excluding hydrogens is 292 g/mol. The first-order chi connectivity index (χ1) is 8.72. The number of nitrogens with one attached hydrogen (secondary N) is 2. The SMILES string of the molecule is CNc1cncc(Nc2cc(Br)ccc2C#N)c1. The highest BCUT2D eigenvalue weighted by atomic mass is 79.9. The van der Waals surface area contributed by atoms with Crippen molar-refractivity contribution < 1.29 is 0 Å². The van der Waals surface area contributed by atoms with E-state index in [4.69, 9.17) is 5.26 Å². The molecule has 1 aromatic carbocycles. The Balaban J connectivity index is 2.33. The first-order valence-electron chi connectivity index (χ1n) is 5.32. The second-order valence-corrected chi connectivity index (χ2v) is 4.55. The van der Waals surface area contributed by atoms with Gasteiger partial charge in [-0.1, -0.05) is 15.9 Å². The number of hydrogen-bond donors (Lipinski definition) is 2. The van der Waals surface area contributed by atoms with Crippen molar-refractivity contribution in [2.75, 3.05) is 17.7 Å². The van der Waals surface area contributed by atoms with Gasteiger partial charge in [-0.3, -0.25) is 4.98 Å². The van der Waals surface area contributed by atoms with Crippen molar-refractivity contribution in [3.05, 3.63) is 46.7 Å². The minimum Gasteiger partial charge on any atom is -0.387 e. The molecule has 1 heterocycles. The summed E-state index contributed by atoms with van der Waals surface area (Å²) in [6.07, 6.45) is 3.44. The van der Waals surface area contributed by atoms with Gasteiger partial charge in [0, 0.05) is 11.5 Å². The number of hydrogen-bond acceptors (Lipinski definition) is 4. The van der Waals surface area contributed by atoms with Crippen LogP contribution in [0.5, 0.6) is 0 Å². The summed E-state index contributed by atoms with van der Waals surface area (Å²) in [6.45, 7) is 0. The number of nitriles is 1. The van der Waals surface area contributed by atoms with Crippen LogP contribution >= 0.6 is 15.9 Å². The number of rotatable bonds is 3. The highest BCUT2D eigenvalue weighted by Crippen LogP contribution is 2.25. The molecule has 18 heavy (non-hydrogen) atoms. The Morgan fingerprint density at radius 2 is 2.00 bits per heavy atom. The number of anilines is 3. The fraction of sp³-hybridized carbons (Fsp3) is 0.0769. The predicted octanol–water partition coefficient (Wildman–Crippen LogP) is 3.50. The van der Waals surface area contributed by atoms with Crippen LogP contribution in [-0.2, 0) is 0 Å². The topological polar surface area (TPSA) is 60.7 Å². The maximum atomic E-state index is 9.05. The second-order valence-electron chi connectivity index (χ2n) is 3.64. The average molecular weight is 303 g/mol. The van der Waals surface area contributed by atoms with Crippen LogP contribution in [0.2, 0.25) is 0 Å². The highest BCUT2D eigenvalue weighted by molar-refractivity contribution is 9.10. The molecule has 0 aliphatic carbocycles. The third-order valence-corrected chi connectivity index (χ3v) is 2.90. The minimum atomic E-state index is 0.591. The van der Waals surface area contributed by atoms with Gasteiger partial charge in [0.2, 0.25) is 0 Å². The molecule has 0 fully saturated rings. The summed E-state index contributed by atoms with van der Waals surface area (Å²) in [7, 11) is 1.83. The largest absolute Gasteiger partial charge is 0.387 e. The Hall–Kier alpha value is -2.06. The molecule has 0 unspecified atom stereocenters. The maximum Gasteiger partial charge on any atom is 0.101 e. The smallest absolute Gasteiger partial charge is 0.101 e. The van der Waals surface area contributed by atoms with Gasteiger partial charge >= 0.3 is 0 Å². The van der Waals surface area contributed by atoms with Gasteiger partial charge in [-0.25, -0.2) is 0 Å². The van der Waals surface area contributed by atoms with Crippen LogP contribution < -0.4 is 10.6 Å². The zero-order chi connectivity index (χ0) is 13.0.